The smallest absolute Gasteiger partial charge is 0.269 e. The van der Waals surface area contributed by atoms with Crippen LogP contribution in [0.15, 0.2) is 24.3 Å². The average Bonchev–Trinajstić information content (AvgIpc) is 3.15. The van der Waals surface area contributed by atoms with Crippen molar-refractivity contribution in [1.29, 1.82) is 0 Å². The fraction of sp³-hybridized carbons (Fsp3) is 0.500. The molecule has 122 valence electrons. The highest BCUT2D eigenvalue weighted by atomic mass is 16.6. The highest BCUT2D eigenvalue weighted by molar-refractivity contribution is 5.95. The van der Waals surface area contributed by atoms with Crippen LogP contribution in [0.1, 0.15) is 42.5 Å². The lowest BCUT2D eigenvalue weighted by Gasteiger charge is -2.20. The Morgan fingerprint density at radius 3 is 2.43 bits per heavy atom. The van der Waals surface area contributed by atoms with Gasteiger partial charge in [0.05, 0.1) is 4.92 Å². The lowest BCUT2D eigenvalue weighted by molar-refractivity contribution is -0.384. The number of nitrogens with one attached hydrogen (secondary N) is 2. The van der Waals surface area contributed by atoms with E-state index in [4.69, 9.17) is 0 Å². The lowest BCUT2D eigenvalue weighted by atomic mass is 9.86. The molecule has 7 nitrogen and oxygen atoms in total. The number of benzene rings is 1. The van der Waals surface area contributed by atoms with E-state index in [1.807, 2.05) is 0 Å². The summed E-state index contributed by atoms with van der Waals surface area (Å²) in [6, 6.07) is 5.23. The van der Waals surface area contributed by atoms with Crippen molar-refractivity contribution in [3.63, 3.8) is 0 Å². The first-order valence-corrected chi connectivity index (χ1v) is 7.86. The molecule has 0 radical (unpaired) electrons. The van der Waals surface area contributed by atoms with Gasteiger partial charge < -0.3 is 0 Å². The van der Waals surface area contributed by atoms with E-state index < -0.39 is 10.8 Å². The minimum Gasteiger partial charge on any atom is -0.273 e. The Kier molecular flexibility index (Phi) is 4.27. The summed E-state index contributed by atoms with van der Waals surface area (Å²) < 4.78 is 0. The molecule has 2 bridgehead atoms. The van der Waals surface area contributed by atoms with Crippen LogP contribution in [0, 0.1) is 27.9 Å². The van der Waals surface area contributed by atoms with Crippen LogP contribution in [0.5, 0.6) is 0 Å². The molecule has 2 aliphatic rings. The van der Waals surface area contributed by atoms with Crippen LogP contribution >= 0.6 is 0 Å². The number of fused-ring (bicyclic) bond motifs is 2. The number of carbonyl (C=O) groups excluding carboxylic acids is 2. The van der Waals surface area contributed by atoms with Crippen LogP contribution in [0.25, 0.3) is 0 Å². The first kappa shape index (κ1) is 15.5. The number of carbonyl (C=O) groups is 2. The maximum Gasteiger partial charge on any atom is 0.269 e. The predicted molar refractivity (Wildman–Crippen MR) is 82.3 cm³/mol. The Balaban J connectivity index is 1.46. The van der Waals surface area contributed by atoms with E-state index in [1.54, 1.807) is 0 Å². The standard InChI is InChI=1S/C16H19N3O4/c20-15(9-13-8-10-1-2-12(13)7-10)17-18-16(21)11-3-5-14(6-4-11)19(22)23/h3-6,10,12-13H,1-2,7-9H2,(H,17,20)(H,18,21)/t10-,12+,13-/m0/s1. The van der Waals surface area contributed by atoms with Gasteiger partial charge in [0.15, 0.2) is 0 Å². The molecular formula is C16H19N3O4. The highest BCUT2D eigenvalue weighted by Crippen LogP contribution is 2.49. The zero-order chi connectivity index (χ0) is 16.4. The van der Waals surface area contributed by atoms with Crippen molar-refractivity contribution >= 4 is 17.5 Å². The topological polar surface area (TPSA) is 101 Å². The Morgan fingerprint density at radius 1 is 1.13 bits per heavy atom. The highest BCUT2D eigenvalue weighted by Gasteiger charge is 2.40. The average molecular weight is 317 g/mol. The molecule has 2 aliphatic carbocycles. The second kappa shape index (κ2) is 6.36. The summed E-state index contributed by atoms with van der Waals surface area (Å²) in [6.07, 6.45) is 5.32. The number of nitro groups is 1. The van der Waals surface area contributed by atoms with Gasteiger partial charge >= 0.3 is 0 Å². The van der Waals surface area contributed by atoms with Crippen LogP contribution in [-0.2, 0) is 4.79 Å². The Hall–Kier alpha value is -2.44. The molecule has 2 fully saturated rings. The maximum atomic E-state index is 11.9. The number of rotatable bonds is 4. The summed E-state index contributed by atoms with van der Waals surface area (Å²) >= 11 is 0. The van der Waals surface area contributed by atoms with Crippen LogP contribution in [0.3, 0.4) is 0 Å². The van der Waals surface area contributed by atoms with Crippen LogP contribution in [0.2, 0.25) is 0 Å². The molecule has 3 atom stereocenters. The maximum absolute atomic E-state index is 11.9. The van der Waals surface area contributed by atoms with Gasteiger partial charge in [-0.1, -0.05) is 6.42 Å². The fourth-order valence-corrected chi connectivity index (χ4v) is 3.85. The molecule has 0 unspecified atom stereocenters. The van der Waals surface area contributed by atoms with E-state index >= 15 is 0 Å². The molecule has 3 rings (SSSR count). The van der Waals surface area contributed by atoms with Crippen molar-refractivity contribution < 1.29 is 14.5 Å². The third-order valence-corrected chi connectivity index (χ3v) is 4.99. The van der Waals surface area contributed by atoms with Gasteiger partial charge in [-0.2, -0.15) is 0 Å². The van der Waals surface area contributed by atoms with Crippen molar-refractivity contribution in [1.82, 2.24) is 10.9 Å². The Bertz CT molecular complexity index is 629. The predicted octanol–water partition coefficient (Wildman–Crippen LogP) is 2.18. The number of nitrogens with zero attached hydrogens (tertiary/aromatic N) is 1. The first-order chi connectivity index (χ1) is 11.0. The van der Waals surface area contributed by atoms with Gasteiger partial charge in [-0.15, -0.1) is 0 Å². The monoisotopic (exact) mass is 317 g/mol. The molecule has 0 spiro atoms. The first-order valence-electron chi connectivity index (χ1n) is 7.86. The van der Waals surface area contributed by atoms with Crippen molar-refractivity contribution in [3.05, 3.63) is 39.9 Å². The summed E-state index contributed by atoms with van der Waals surface area (Å²) in [4.78, 5) is 33.9. The van der Waals surface area contributed by atoms with E-state index in [-0.39, 0.29) is 17.2 Å². The molecule has 2 amide bonds. The zero-order valence-electron chi connectivity index (χ0n) is 12.7. The van der Waals surface area contributed by atoms with E-state index in [9.17, 15) is 19.7 Å². The Labute approximate surface area is 133 Å². The second-order valence-electron chi connectivity index (χ2n) is 6.45. The quantitative estimate of drug-likeness (QED) is 0.656. The summed E-state index contributed by atoms with van der Waals surface area (Å²) in [5.74, 6) is 1.22. The minimum atomic E-state index is -0.529. The van der Waals surface area contributed by atoms with Crippen LogP contribution in [0.4, 0.5) is 5.69 Å². The third-order valence-electron chi connectivity index (χ3n) is 4.99. The molecule has 0 aliphatic heterocycles. The molecule has 2 N–H and O–H groups in total. The normalized spacial score (nSPS) is 25.1. The number of hydrogen-bond acceptors (Lipinski definition) is 4. The molecule has 1 aromatic carbocycles. The number of hydrogen-bond donors (Lipinski definition) is 2. The van der Waals surface area contributed by atoms with Gasteiger partial charge in [0.1, 0.15) is 0 Å². The number of nitro benzene ring substituents is 1. The van der Waals surface area contributed by atoms with Crippen LogP contribution in [-0.4, -0.2) is 16.7 Å². The summed E-state index contributed by atoms with van der Waals surface area (Å²) in [5.41, 5.74) is 4.97. The fourth-order valence-electron chi connectivity index (χ4n) is 3.85. The summed E-state index contributed by atoms with van der Waals surface area (Å²) in [5, 5.41) is 10.6. The van der Waals surface area contributed by atoms with Gasteiger partial charge in [-0.25, -0.2) is 0 Å². The van der Waals surface area contributed by atoms with Gasteiger partial charge in [0.25, 0.3) is 11.6 Å². The lowest BCUT2D eigenvalue weighted by Crippen LogP contribution is -2.42. The molecule has 2 saturated carbocycles. The van der Waals surface area contributed by atoms with E-state index in [1.165, 1.54) is 43.5 Å². The van der Waals surface area contributed by atoms with Crippen molar-refractivity contribution in [2.45, 2.75) is 32.1 Å². The van der Waals surface area contributed by atoms with Gasteiger partial charge in [0, 0.05) is 24.1 Å². The Morgan fingerprint density at radius 2 is 1.87 bits per heavy atom. The van der Waals surface area contributed by atoms with Gasteiger partial charge in [-0.3, -0.25) is 30.6 Å². The van der Waals surface area contributed by atoms with Crippen molar-refractivity contribution in [2.24, 2.45) is 17.8 Å². The van der Waals surface area contributed by atoms with Crippen molar-refractivity contribution in [2.75, 3.05) is 0 Å². The molecule has 0 saturated heterocycles. The molecule has 0 aromatic heterocycles. The number of amides is 2. The van der Waals surface area contributed by atoms with E-state index in [2.05, 4.69) is 10.9 Å². The molecular weight excluding hydrogens is 298 g/mol. The van der Waals surface area contributed by atoms with E-state index in [0.717, 1.165) is 12.3 Å². The largest absolute Gasteiger partial charge is 0.273 e. The summed E-state index contributed by atoms with van der Waals surface area (Å²) in [6.45, 7) is 0. The van der Waals surface area contributed by atoms with Gasteiger partial charge in [-0.05, 0) is 49.1 Å². The second-order valence-corrected chi connectivity index (χ2v) is 6.45. The summed E-state index contributed by atoms with van der Waals surface area (Å²) in [7, 11) is 0. The van der Waals surface area contributed by atoms with Crippen LogP contribution < -0.4 is 10.9 Å². The van der Waals surface area contributed by atoms with E-state index in [0.29, 0.717) is 18.3 Å². The molecule has 1 aromatic rings. The number of hydrazine groups is 1. The molecule has 23 heavy (non-hydrogen) atoms. The molecule has 7 heteroatoms. The third kappa shape index (κ3) is 3.49. The zero-order valence-corrected chi connectivity index (χ0v) is 12.7. The number of non-ortho nitro benzene ring substituents is 1. The SMILES string of the molecule is O=C(C[C@@H]1C[C@H]2CC[C@@H]1C2)NNC(=O)c1ccc([N+](=O)[O-])cc1. The van der Waals surface area contributed by atoms with Gasteiger partial charge in [0.2, 0.25) is 5.91 Å². The molecule has 0 heterocycles. The minimum absolute atomic E-state index is 0.0816. The van der Waals surface area contributed by atoms with Crippen molar-refractivity contribution in [3.8, 4) is 0 Å².